The molecule has 0 bridgehead atoms. The van der Waals surface area contributed by atoms with Crippen molar-refractivity contribution < 1.29 is 5.11 Å². The van der Waals surface area contributed by atoms with Crippen LogP contribution >= 0.6 is 0 Å². The minimum Gasteiger partial charge on any atom is -0.395 e. The van der Waals surface area contributed by atoms with Crippen LogP contribution in [0, 0.1) is 0 Å². The molecule has 0 saturated carbocycles. The van der Waals surface area contributed by atoms with Crippen molar-refractivity contribution in [1.29, 1.82) is 0 Å². The summed E-state index contributed by atoms with van der Waals surface area (Å²) < 4.78 is 2.00. The Morgan fingerprint density at radius 3 is 2.86 bits per heavy atom. The predicted octanol–water partition coefficient (Wildman–Crippen LogP) is 1.48. The summed E-state index contributed by atoms with van der Waals surface area (Å²) in [6, 6.07) is 0. The second-order valence-electron chi connectivity index (χ2n) is 5.39. The third-order valence-electron chi connectivity index (χ3n) is 3.56. The van der Waals surface area contributed by atoms with Crippen LogP contribution in [0.25, 0.3) is 0 Å². The summed E-state index contributed by atoms with van der Waals surface area (Å²) in [6.07, 6.45) is 8.89. The molecule has 0 saturated heterocycles. The molecule has 2 rings (SSSR count). The number of imidazole rings is 2. The molecule has 0 aliphatic rings. The van der Waals surface area contributed by atoms with Gasteiger partial charge in [0.05, 0.1) is 18.6 Å². The first-order valence-corrected chi connectivity index (χ1v) is 7.54. The number of rotatable bonds is 9. The fourth-order valence-corrected chi connectivity index (χ4v) is 2.32. The number of H-pyrrole nitrogens is 1. The van der Waals surface area contributed by atoms with Gasteiger partial charge in [0.25, 0.3) is 0 Å². The molecule has 6 nitrogen and oxygen atoms in total. The van der Waals surface area contributed by atoms with Gasteiger partial charge in [0.2, 0.25) is 0 Å². The summed E-state index contributed by atoms with van der Waals surface area (Å²) in [4.78, 5) is 14.1. The number of aliphatic hydroxyl groups is 1. The number of aryl methyl sites for hydroxylation is 2. The SMILES string of the molecule is CCCCc1ncc(CN(CCO)Cc2cncn2C)[nH]1. The average Bonchev–Trinajstić information content (AvgIpc) is 3.07. The van der Waals surface area contributed by atoms with E-state index < -0.39 is 0 Å². The Kier molecular flexibility index (Phi) is 5.95. The van der Waals surface area contributed by atoms with Crippen LogP contribution in [0.2, 0.25) is 0 Å². The highest BCUT2D eigenvalue weighted by atomic mass is 16.3. The monoisotopic (exact) mass is 291 g/mol. The van der Waals surface area contributed by atoms with Crippen LogP contribution in [0.15, 0.2) is 18.7 Å². The Morgan fingerprint density at radius 1 is 1.33 bits per heavy atom. The number of hydrogen-bond acceptors (Lipinski definition) is 4. The van der Waals surface area contributed by atoms with E-state index in [0.29, 0.717) is 6.54 Å². The van der Waals surface area contributed by atoms with Crippen molar-refractivity contribution in [2.75, 3.05) is 13.2 Å². The van der Waals surface area contributed by atoms with Gasteiger partial charge in [-0.15, -0.1) is 0 Å². The summed E-state index contributed by atoms with van der Waals surface area (Å²) in [5.41, 5.74) is 2.23. The lowest BCUT2D eigenvalue weighted by atomic mass is 10.2. The van der Waals surface area contributed by atoms with Crippen molar-refractivity contribution in [3.05, 3.63) is 35.9 Å². The Balaban J connectivity index is 1.95. The molecular weight excluding hydrogens is 266 g/mol. The molecule has 0 aliphatic carbocycles. The van der Waals surface area contributed by atoms with Gasteiger partial charge in [-0.05, 0) is 6.42 Å². The molecule has 2 aromatic heterocycles. The molecule has 0 radical (unpaired) electrons. The van der Waals surface area contributed by atoms with Crippen molar-refractivity contribution in [1.82, 2.24) is 24.4 Å². The van der Waals surface area contributed by atoms with E-state index in [0.717, 1.165) is 43.1 Å². The molecule has 0 aromatic carbocycles. The van der Waals surface area contributed by atoms with E-state index in [-0.39, 0.29) is 6.61 Å². The molecule has 0 atom stereocenters. The predicted molar refractivity (Wildman–Crippen MR) is 81.6 cm³/mol. The van der Waals surface area contributed by atoms with E-state index in [1.807, 2.05) is 24.0 Å². The molecule has 2 aromatic rings. The number of aromatic amines is 1. The van der Waals surface area contributed by atoms with Crippen LogP contribution in [0.3, 0.4) is 0 Å². The van der Waals surface area contributed by atoms with Crippen molar-refractivity contribution in [3.63, 3.8) is 0 Å². The van der Waals surface area contributed by atoms with E-state index >= 15 is 0 Å². The number of aromatic nitrogens is 4. The van der Waals surface area contributed by atoms with Crippen LogP contribution in [0.4, 0.5) is 0 Å². The Morgan fingerprint density at radius 2 is 2.19 bits per heavy atom. The highest BCUT2D eigenvalue weighted by Crippen LogP contribution is 2.09. The van der Waals surface area contributed by atoms with Crippen LogP contribution in [0.1, 0.15) is 37.0 Å². The molecule has 21 heavy (non-hydrogen) atoms. The maximum atomic E-state index is 9.24. The maximum absolute atomic E-state index is 9.24. The summed E-state index contributed by atoms with van der Waals surface area (Å²) >= 11 is 0. The summed E-state index contributed by atoms with van der Waals surface area (Å²) in [7, 11) is 1.98. The molecule has 0 amide bonds. The first-order chi connectivity index (χ1) is 10.2. The van der Waals surface area contributed by atoms with Crippen molar-refractivity contribution in [2.45, 2.75) is 39.3 Å². The molecule has 0 fully saturated rings. The van der Waals surface area contributed by atoms with E-state index in [9.17, 15) is 5.11 Å². The number of hydrogen-bond donors (Lipinski definition) is 2. The lowest BCUT2D eigenvalue weighted by Gasteiger charge is -2.20. The van der Waals surface area contributed by atoms with E-state index in [1.54, 1.807) is 6.33 Å². The van der Waals surface area contributed by atoms with E-state index in [4.69, 9.17) is 0 Å². The van der Waals surface area contributed by atoms with Crippen LogP contribution in [0.5, 0.6) is 0 Å². The second kappa shape index (κ2) is 7.95. The number of unbranched alkanes of at least 4 members (excludes halogenated alkanes) is 1. The summed E-state index contributed by atoms with van der Waals surface area (Å²) in [6.45, 7) is 4.48. The van der Waals surface area contributed by atoms with Crippen LogP contribution in [-0.2, 0) is 26.6 Å². The highest BCUT2D eigenvalue weighted by Gasteiger charge is 2.10. The topological polar surface area (TPSA) is 70.0 Å². The highest BCUT2D eigenvalue weighted by molar-refractivity contribution is 5.03. The first kappa shape index (κ1) is 15.7. The normalized spacial score (nSPS) is 11.4. The van der Waals surface area contributed by atoms with Crippen LogP contribution < -0.4 is 0 Å². The first-order valence-electron chi connectivity index (χ1n) is 7.54. The lowest BCUT2D eigenvalue weighted by Crippen LogP contribution is -2.27. The zero-order valence-corrected chi connectivity index (χ0v) is 12.9. The van der Waals surface area contributed by atoms with Crippen molar-refractivity contribution in [2.24, 2.45) is 7.05 Å². The van der Waals surface area contributed by atoms with Gasteiger partial charge in [-0.25, -0.2) is 9.97 Å². The molecule has 2 heterocycles. The van der Waals surface area contributed by atoms with Crippen molar-refractivity contribution in [3.8, 4) is 0 Å². The van der Waals surface area contributed by atoms with E-state index in [1.165, 1.54) is 6.42 Å². The van der Waals surface area contributed by atoms with Crippen molar-refractivity contribution >= 4 is 0 Å². The minimum atomic E-state index is 0.148. The Labute approximate surface area is 125 Å². The molecule has 6 heteroatoms. The standard InChI is InChI=1S/C15H25N5O/c1-3-4-5-15-17-8-13(18-15)10-20(6-7-21)11-14-9-16-12-19(14)2/h8-9,12,21H,3-7,10-11H2,1-2H3,(H,17,18). The zero-order chi connectivity index (χ0) is 15.1. The smallest absolute Gasteiger partial charge is 0.106 e. The third-order valence-corrected chi connectivity index (χ3v) is 3.56. The lowest BCUT2D eigenvalue weighted by molar-refractivity contribution is 0.180. The largest absolute Gasteiger partial charge is 0.395 e. The third kappa shape index (κ3) is 4.68. The molecule has 2 N–H and O–H groups in total. The molecular formula is C15H25N5O. The average molecular weight is 291 g/mol. The maximum Gasteiger partial charge on any atom is 0.106 e. The van der Waals surface area contributed by atoms with Crippen LogP contribution in [-0.4, -0.2) is 42.7 Å². The Bertz CT molecular complexity index is 534. The van der Waals surface area contributed by atoms with Gasteiger partial charge in [0.15, 0.2) is 0 Å². The fourth-order valence-electron chi connectivity index (χ4n) is 2.32. The van der Waals surface area contributed by atoms with Gasteiger partial charge < -0.3 is 14.7 Å². The number of nitrogens with one attached hydrogen (secondary N) is 1. The van der Waals surface area contributed by atoms with Gasteiger partial charge in [-0.1, -0.05) is 13.3 Å². The second-order valence-corrected chi connectivity index (χ2v) is 5.39. The van der Waals surface area contributed by atoms with Gasteiger partial charge in [-0.2, -0.15) is 0 Å². The molecule has 0 aliphatic heterocycles. The molecule has 0 unspecified atom stereocenters. The summed E-state index contributed by atoms with van der Waals surface area (Å²) in [5, 5.41) is 9.24. The number of aliphatic hydroxyl groups excluding tert-OH is 1. The van der Waals surface area contributed by atoms with Gasteiger partial charge in [0.1, 0.15) is 5.82 Å². The molecule has 0 spiro atoms. The fraction of sp³-hybridized carbons (Fsp3) is 0.600. The molecule has 116 valence electrons. The van der Waals surface area contributed by atoms with Gasteiger partial charge in [-0.3, -0.25) is 4.90 Å². The number of nitrogens with zero attached hydrogens (tertiary/aromatic N) is 4. The minimum absolute atomic E-state index is 0.148. The zero-order valence-electron chi connectivity index (χ0n) is 12.9. The quantitative estimate of drug-likeness (QED) is 0.734. The van der Waals surface area contributed by atoms with E-state index in [2.05, 4.69) is 26.8 Å². The Hall–Kier alpha value is -1.66. The summed E-state index contributed by atoms with van der Waals surface area (Å²) in [5.74, 6) is 1.05. The van der Waals surface area contributed by atoms with Gasteiger partial charge in [0, 0.05) is 51.2 Å². The van der Waals surface area contributed by atoms with Gasteiger partial charge >= 0.3 is 0 Å².